The maximum absolute atomic E-state index is 11.7. The highest BCUT2D eigenvalue weighted by molar-refractivity contribution is 5.91. The molecule has 0 atom stereocenters. The van der Waals surface area contributed by atoms with Gasteiger partial charge in [-0.05, 0) is 38.2 Å². The van der Waals surface area contributed by atoms with E-state index in [0.29, 0.717) is 6.54 Å². The summed E-state index contributed by atoms with van der Waals surface area (Å²) < 4.78 is 0. The van der Waals surface area contributed by atoms with E-state index in [1.165, 1.54) is 30.5 Å². The molecule has 5 heteroatoms. The summed E-state index contributed by atoms with van der Waals surface area (Å²) in [6.07, 6.45) is 8.00. The molecule has 0 aliphatic heterocycles. The fourth-order valence-corrected chi connectivity index (χ4v) is 2.03. The molecule has 1 aliphatic carbocycles. The summed E-state index contributed by atoms with van der Waals surface area (Å²) in [6, 6.07) is 2.72. The highest BCUT2D eigenvalue weighted by Crippen LogP contribution is 2.19. The maximum atomic E-state index is 11.7. The van der Waals surface area contributed by atoms with Crippen LogP contribution in [0.3, 0.4) is 0 Å². The number of nitrogens with zero attached hydrogens (tertiary/aromatic N) is 1. The van der Waals surface area contributed by atoms with Crippen LogP contribution in [0.5, 0.6) is 0 Å². The summed E-state index contributed by atoms with van der Waals surface area (Å²) in [4.78, 5) is 22.5. The molecule has 5 nitrogen and oxygen atoms in total. The SMILES string of the molecule is O=C(NCCC1=CCCCC1)c1ccc(=O)[nH]n1. The lowest BCUT2D eigenvalue weighted by atomic mass is 9.97. The molecule has 0 saturated carbocycles. The second-order valence-electron chi connectivity index (χ2n) is 4.42. The first-order valence-corrected chi connectivity index (χ1v) is 6.27. The number of aromatic nitrogens is 2. The molecule has 0 unspecified atom stereocenters. The quantitative estimate of drug-likeness (QED) is 0.789. The fourth-order valence-electron chi connectivity index (χ4n) is 2.03. The predicted octanol–water partition coefficient (Wildman–Crippen LogP) is 1.39. The molecule has 2 rings (SSSR count). The van der Waals surface area contributed by atoms with Crippen molar-refractivity contribution in [2.24, 2.45) is 0 Å². The largest absolute Gasteiger partial charge is 0.350 e. The fraction of sp³-hybridized carbons (Fsp3) is 0.462. The van der Waals surface area contributed by atoms with Crippen LogP contribution >= 0.6 is 0 Å². The van der Waals surface area contributed by atoms with Crippen molar-refractivity contribution in [3.05, 3.63) is 39.8 Å². The number of hydrogen-bond donors (Lipinski definition) is 2. The number of amides is 1. The molecular weight excluding hydrogens is 230 g/mol. The van der Waals surface area contributed by atoms with E-state index in [1.54, 1.807) is 0 Å². The van der Waals surface area contributed by atoms with Gasteiger partial charge in [-0.2, -0.15) is 5.10 Å². The van der Waals surface area contributed by atoms with Gasteiger partial charge in [-0.3, -0.25) is 9.59 Å². The minimum absolute atomic E-state index is 0.243. The molecule has 96 valence electrons. The Morgan fingerprint density at radius 1 is 1.39 bits per heavy atom. The highest BCUT2D eigenvalue weighted by Gasteiger charge is 2.08. The Bertz CT molecular complexity index is 485. The van der Waals surface area contributed by atoms with E-state index in [1.807, 2.05) is 0 Å². The minimum atomic E-state index is -0.307. The number of nitrogens with one attached hydrogen (secondary N) is 2. The van der Waals surface area contributed by atoms with Crippen LogP contribution in [-0.4, -0.2) is 22.6 Å². The molecule has 1 amide bonds. The molecule has 0 saturated heterocycles. The monoisotopic (exact) mass is 247 g/mol. The van der Waals surface area contributed by atoms with Gasteiger partial charge in [0.25, 0.3) is 11.5 Å². The lowest BCUT2D eigenvalue weighted by Gasteiger charge is -2.12. The molecule has 1 aromatic rings. The number of hydrogen-bond acceptors (Lipinski definition) is 3. The molecule has 1 aliphatic rings. The normalized spacial score (nSPS) is 15.0. The zero-order chi connectivity index (χ0) is 12.8. The van der Waals surface area contributed by atoms with Crippen molar-refractivity contribution in [3.63, 3.8) is 0 Å². The van der Waals surface area contributed by atoms with E-state index in [-0.39, 0.29) is 17.2 Å². The van der Waals surface area contributed by atoms with Crippen molar-refractivity contribution in [3.8, 4) is 0 Å². The first kappa shape index (κ1) is 12.5. The van der Waals surface area contributed by atoms with Crippen LogP contribution in [0.1, 0.15) is 42.6 Å². The Morgan fingerprint density at radius 3 is 2.94 bits per heavy atom. The van der Waals surface area contributed by atoms with Crippen molar-refractivity contribution in [1.29, 1.82) is 0 Å². The Labute approximate surface area is 105 Å². The van der Waals surface area contributed by atoms with E-state index in [4.69, 9.17) is 0 Å². The van der Waals surface area contributed by atoms with Crippen molar-refractivity contribution < 1.29 is 4.79 Å². The Morgan fingerprint density at radius 2 is 2.28 bits per heavy atom. The highest BCUT2D eigenvalue weighted by atomic mass is 16.2. The predicted molar refractivity (Wildman–Crippen MR) is 68.4 cm³/mol. The summed E-state index contributed by atoms with van der Waals surface area (Å²) in [5.74, 6) is -0.248. The van der Waals surface area contributed by atoms with Crippen molar-refractivity contribution in [2.75, 3.05) is 6.54 Å². The Hall–Kier alpha value is -1.91. The molecule has 18 heavy (non-hydrogen) atoms. The first-order chi connectivity index (χ1) is 8.75. The lowest BCUT2D eigenvalue weighted by Crippen LogP contribution is -2.27. The topological polar surface area (TPSA) is 74.8 Å². The van der Waals surface area contributed by atoms with Gasteiger partial charge in [0.15, 0.2) is 0 Å². The average molecular weight is 247 g/mol. The van der Waals surface area contributed by atoms with E-state index >= 15 is 0 Å². The van der Waals surface area contributed by atoms with Gasteiger partial charge >= 0.3 is 0 Å². The molecule has 0 fully saturated rings. The van der Waals surface area contributed by atoms with Crippen LogP contribution in [0, 0.1) is 0 Å². The van der Waals surface area contributed by atoms with Gasteiger partial charge in [-0.25, -0.2) is 5.10 Å². The third-order valence-electron chi connectivity index (χ3n) is 3.03. The molecule has 0 aromatic carbocycles. The number of carbonyl (C=O) groups excluding carboxylic acids is 1. The van der Waals surface area contributed by atoms with Crippen molar-refractivity contribution in [1.82, 2.24) is 15.5 Å². The zero-order valence-corrected chi connectivity index (χ0v) is 10.2. The van der Waals surface area contributed by atoms with Crippen LogP contribution in [0.15, 0.2) is 28.6 Å². The second kappa shape index (κ2) is 6.14. The van der Waals surface area contributed by atoms with Crippen LogP contribution in [0.4, 0.5) is 0 Å². The summed E-state index contributed by atoms with van der Waals surface area (Å²) in [7, 11) is 0. The maximum Gasteiger partial charge on any atom is 0.271 e. The van der Waals surface area contributed by atoms with Crippen LogP contribution in [0.2, 0.25) is 0 Å². The Balaban J connectivity index is 1.79. The number of allylic oxidation sites excluding steroid dienone is 1. The van der Waals surface area contributed by atoms with E-state index in [9.17, 15) is 9.59 Å². The van der Waals surface area contributed by atoms with Gasteiger partial charge in [0.2, 0.25) is 0 Å². The van der Waals surface area contributed by atoms with Crippen LogP contribution < -0.4 is 10.9 Å². The van der Waals surface area contributed by atoms with Gasteiger partial charge in [0.1, 0.15) is 5.69 Å². The van der Waals surface area contributed by atoms with Crippen molar-refractivity contribution in [2.45, 2.75) is 32.1 Å². The van der Waals surface area contributed by atoms with Gasteiger partial charge in [0.05, 0.1) is 0 Å². The van der Waals surface area contributed by atoms with Gasteiger partial charge in [-0.15, -0.1) is 0 Å². The van der Waals surface area contributed by atoms with E-state index < -0.39 is 0 Å². The van der Waals surface area contributed by atoms with Gasteiger partial charge in [0, 0.05) is 12.6 Å². The Kier molecular flexibility index (Phi) is 4.28. The number of rotatable bonds is 4. The molecule has 0 spiro atoms. The van der Waals surface area contributed by atoms with Gasteiger partial charge in [-0.1, -0.05) is 11.6 Å². The average Bonchev–Trinajstić information content (AvgIpc) is 2.40. The third kappa shape index (κ3) is 3.55. The number of aromatic amines is 1. The second-order valence-corrected chi connectivity index (χ2v) is 4.42. The summed E-state index contributed by atoms with van der Waals surface area (Å²) in [5.41, 5.74) is 1.36. The van der Waals surface area contributed by atoms with Crippen LogP contribution in [0.25, 0.3) is 0 Å². The number of carbonyl (C=O) groups is 1. The molecule has 1 heterocycles. The van der Waals surface area contributed by atoms with Crippen molar-refractivity contribution >= 4 is 5.91 Å². The molecular formula is C13H17N3O2. The van der Waals surface area contributed by atoms with Crippen LogP contribution in [-0.2, 0) is 0 Å². The standard InChI is InChI=1S/C13H17N3O2/c17-12-7-6-11(15-16-12)13(18)14-9-8-10-4-2-1-3-5-10/h4,6-7H,1-3,5,8-9H2,(H,14,18)(H,16,17). The van der Waals surface area contributed by atoms with E-state index in [0.717, 1.165) is 19.3 Å². The number of H-pyrrole nitrogens is 1. The van der Waals surface area contributed by atoms with Gasteiger partial charge < -0.3 is 5.32 Å². The molecule has 1 aromatic heterocycles. The summed E-state index contributed by atoms with van der Waals surface area (Å²) in [6.45, 7) is 0.617. The molecule has 2 N–H and O–H groups in total. The third-order valence-corrected chi connectivity index (χ3v) is 3.03. The van der Waals surface area contributed by atoms with E-state index in [2.05, 4.69) is 21.6 Å². The zero-order valence-electron chi connectivity index (χ0n) is 10.2. The minimum Gasteiger partial charge on any atom is -0.350 e. The first-order valence-electron chi connectivity index (χ1n) is 6.27. The summed E-state index contributed by atoms with van der Waals surface area (Å²) >= 11 is 0. The lowest BCUT2D eigenvalue weighted by molar-refractivity contribution is 0.0948. The molecule has 0 bridgehead atoms. The summed E-state index contributed by atoms with van der Waals surface area (Å²) in [5, 5.41) is 8.72. The smallest absolute Gasteiger partial charge is 0.271 e. The molecule has 0 radical (unpaired) electrons.